The smallest absolute Gasteiger partial charge is 0.307 e. The summed E-state index contributed by atoms with van der Waals surface area (Å²) in [5.74, 6) is -1.88. The maximum Gasteiger partial charge on any atom is 0.307 e. The van der Waals surface area contributed by atoms with Gasteiger partial charge in [-0.15, -0.1) is 0 Å². The molecule has 0 radical (unpaired) electrons. The molecule has 4 rings (SSSR count). The van der Waals surface area contributed by atoms with E-state index in [1.54, 1.807) is 18.2 Å². The van der Waals surface area contributed by atoms with E-state index in [2.05, 4.69) is 4.98 Å². The van der Waals surface area contributed by atoms with Gasteiger partial charge in [0.15, 0.2) is 0 Å². The summed E-state index contributed by atoms with van der Waals surface area (Å²) in [6.45, 7) is 0. The molecule has 1 N–H and O–H groups in total. The lowest BCUT2D eigenvalue weighted by Crippen LogP contribution is -1.96. The van der Waals surface area contributed by atoms with Crippen LogP contribution in [0.3, 0.4) is 0 Å². The molecule has 3 nitrogen and oxygen atoms in total. The topological polar surface area (TPSA) is 50.2 Å². The first-order chi connectivity index (χ1) is 13.5. The summed E-state index contributed by atoms with van der Waals surface area (Å²) >= 11 is 0. The van der Waals surface area contributed by atoms with Crippen molar-refractivity contribution >= 4 is 23.2 Å². The highest BCUT2D eigenvalue weighted by atomic mass is 19.1. The maximum absolute atomic E-state index is 13.6. The van der Waals surface area contributed by atoms with Crippen LogP contribution < -0.4 is 0 Å². The zero-order valence-corrected chi connectivity index (χ0v) is 14.7. The number of aromatic nitrogens is 1. The van der Waals surface area contributed by atoms with Gasteiger partial charge in [-0.25, -0.2) is 9.37 Å². The highest BCUT2D eigenvalue weighted by molar-refractivity contribution is 6.04. The number of pyridine rings is 1. The second-order valence-corrected chi connectivity index (χ2v) is 6.52. The minimum atomic E-state index is -0.958. The Kier molecular flexibility index (Phi) is 4.57. The largest absolute Gasteiger partial charge is 0.481 e. The van der Waals surface area contributed by atoms with E-state index in [0.717, 1.165) is 27.8 Å². The van der Waals surface area contributed by atoms with Crippen molar-refractivity contribution in [2.75, 3.05) is 0 Å². The van der Waals surface area contributed by atoms with Crippen LogP contribution in [0.1, 0.15) is 23.1 Å². The van der Waals surface area contributed by atoms with Gasteiger partial charge in [0.1, 0.15) is 5.82 Å². The van der Waals surface area contributed by atoms with Crippen LogP contribution in [-0.2, 0) is 4.79 Å². The number of allylic oxidation sites excluding steroid dienone is 2. The molecule has 138 valence electrons. The van der Waals surface area contributed by atoms with Crippen molar-refractivity contribution in [1.29, 1.82) is 0 Å². The summed E-state index contributed by atoms with van der Waals surface area (Å²) < 4.78 is 26.6. The van der Waals surface area contributed by atoms with Gasteiger partial charge in [-0.3, -0.25) is 4.79 Å². The molecule has 0 saturated carbocycles. The van der Waals surface area contributed by atoms with Crippen LogP contribution in [0, 0.1) is 11.8 Å². The van der Waals surface area contributed by atoms with Crippen molar-refractivity contribution in [2.24, 2.45) is 0 Å². The molecular formula is C23H15F2NO2. The van der Waals surface area contributed by atoms with Crippen molar-refractivity contribution in [3.05, 3.63) is 95.3 Å². The fourth-order valence-electron chi connectivity index (χ4n) is 3.30. The Morgan fingerprint density at radius 2 is 1.71 bits per heavy atom. The quantitative estimate of drug-likeness (QED) is 0.618. The first-order valence-electron chi connectivity index (χ1n) is 8.66. The van der Waals surface area contributed by atoms with Crippen molar-refractivity contribution in [2.45, 2.75) is 6.42 Å². The predicted octanol–water partition coefficient (Wildman–Crippen LogP) is 5.44. The van der Waals surface area contributed by atoms with Gasteiger partial charge in [-0.2, -0.15) is 4.39 Å². The highest BCUT2D eigenvalue weighted by Gasteiger charge is 2.20. The van der Waals surface area contributed by atoms with E-state index in [1.165, 1.54) is 24.4 Å². The third kappa shape index (κ3) is 3.60. The van der Waals surface area contributed by atoms with E-state index in [0.29, 0.717) is 11.1 Å². The Morgan fingerprint density at radius 3 is 2.39 bits per heavy atom. The molecule has 0 atom stereocenters. The Labute approximate surface area is 160 Å². The van der Waals surface area contributed by atoms with E-state index < -0.39 is 17.7 Å². The van der Waals surface area contributed by atoms with Crippen LogP contribution in [0.25, 0.3) is 28.3 Å². The minimum absolute atomic E-state index is 0.162. The summed E-state index contributed by atoms with van der Waals surface area (Å²) in [5.41, 5.74) is 5.48. The third-order valence-corrected chi connectivity index (χ3v) is 4.60. The lowest BCUT2D eigenvalue weighted by atomic mass is 10.0. The molecule has 28 heavy (non-hydrogen) atoms. The average molecular weight is 375 g/mol. The number of hydrogen-bond acceptors (Lipinski definition) is 2. The third-order valence-electron chi connectivity index (χ3n) is 4.60. The van der Waals surface area contributed by atoms with Gasteiger partial charge < -0.3 is 5.11 Å². The Hall–Kier alpha value is -3.60. The molecule has 1 aromatic heterocycles. The van der Waals surface area contributed by atoms with Crippen LogP contribution >= 0.6 is 0 Å². The lowest BCUT2D eigenvalue weighted by molar-refractivity contribution is -0.135. The lowest BCUT2D eigenvalue weighted by Gasteiger charge is -2.05. The Bertz CT molecular complexity index is 1110. The molecule has 0 saturated heterocycles. The number of benzene rings is 2. The van der Waals surface area contributed by atoms with Gasteiger partial charge in [0.05, 0.1) is 6.42 Å². The van der Waals surface area contributed by atoms with Gasteiger partial charge >= 0.3 is 5.97 Å². The highest BCUT2D eigenvalue weighted by Crippen LogP contribution is 2.38. The molecule has 3 aromatic rings. The second kappa shape index (κ2) is 7.19. The number of fused-ring (bicyclic) bond motifs is 1. The number of nitrogens with zero attached hydrogens (tertiary/aromatic N) is 1. The number of carboxylic acids is 1. The van der Waals surface area contributed by atoms with Crippen molar-refractivity contribution < 1.29 is 18.7 Å². The molecule has 0 fully saturated rings. The fourth-order valence-corrected chi connectivity index (χ4v) is 3.30. The maximum atomic E-state index is 13.6. The summed E-state index contributed by atoms with van der Waals surface area (Å²) in [4.78, 5) is 14.8. The van der Waals surface area contributed by atoms with E-state index in [9.17, 15) is 13.6 Å². The van der Waals surface area contributed by atoms with Crippen LogP contribution in [-0.4, -0.2) is 16.1 Å². The van der Waals surface area contributed by atoms with Crippen molar-refractivity contribution in [3.63, 3.8) is 0 Å². The molecule has 5 heteroatoms. The number of rotatable bonds is 4. The molecule has 0 bridgehead atoms. The fraction of sp³-hybridized carbons (Fsp3) is 0.0435. The summed E-state index contributed by atoms with van der Waals surface area (Å²) in [6, 6.07) is 15.0. The number of carboxylic acid groups (broad SMARTS) is 1. The van der Waals surface area contributed by atoms with E-state index >= 15 is 0 Å². The van der Waals surface area contributed by atoms with Gasteiger partial charge in [0.2, 0.25) is 5.95 Å². The number of halogens is 2. The van der Waals surface area contributed by atoms with Gasteiger partial charge in [-0.1, -0.05) is 30.3 Å². The zero-order valence-electron chi connectivity index (χ0n) is 14.7. The molecule has 1 heterocycles. The molecule has 2 aromatic carbocycles. The Balaban J connectivity index is 1.68. The summed E-state index contributed by atoms with van der Waals surface area (Å²) in [6.07, 6.45) is 5.03. The molecule has 0 amide bonds. The molecule has 0 aliphatic heterocycles. The SMILES string of the molecule is O=C(O)CC1=C/C(=C\c2ccc(-c3ccc(F)nc3)cc2)c2ccc(F)cc21. The molecule has 1 aliphatic carbocycles. The summed E-state index contributed by atoms with van der Waals surface area (Å²) in [7, 11) is 0. The van der Waals surface area contributed by atoms with E-state index in [4.69, 9.17) is 5.11 Å². The molecule has 0 unspecified atom stereocenters. The molecular weight excluding hydrogens is 360 g/mol. The average Bonchev–Trinajstić information content (AvgIpc) is 2.99. The zero-order chi connectivity index (χ0) is 19.7. The monoisotopic (exact) mass is 375 g/mol. The molecule has 0 spiro atoms. The van der Waals surface area contributed by atoms with Crippen molar-refractivity contribution in [1.82, 2.24) is 4.98 Å². The van der Waals surface area contributed by atoms with Crippen LogP contribution in [0.5, 0.6) is 0 Å². The first-order valence-corrected chi connectivity index (χ1v) is 8.66. The van der Waals surface area contributed by atoms with Gasteiger partial charge in [0.25, 0.3) is 0 Å². The van der Waals surface area contributed by atoms with Crippen LogP contribution in [0.4, 0.5) is 8.78 Å². The van der Waals surface area contributed by atoms with Crippen LogP contribution in [0.15, 0.2) is 66.9 Å². The first kappa shape index (κ1) is 17.8. The number of aliphatic carboxylic acids is 1. The molecule has 1 aliphatic rings. The predicted molar refractivity (Wildman–Crippen MR) is 104 cm³/mol. The normalized spacial score (nSPS) is 14.1. The van der Waals surface area contributed by atoms with Gasteiger partial charge in [-0.05, 0) is 69.8 Å². The van der Waals surface area contributed by atoms with Crippen molar-refractivity contribution in [3.8, 4) is 11.1 Å². The number of carbonyl (C=O) groups is 1. The second-order valence-electron chi connectivity index (χ2n) is 6.52. The van der Waals surface area contributed by atoms with Crippen LogP contribution in [0.2, 0.25) is 0 Å². The standard InChI is InChI=1S/C23H15F2NO2/c24-19-6-7-20-17(10-18(11-23(27)28)21(20)12-19)9-14-1-3-15(4-2-14)16-5-8-22(25)26-13-16/h1-10,12-13H,11H2,(H,27,28)/b17-9+. The Morgan fingerprint density at radius 1 is 0.964 bits per heavy atom. The van der Waals surface area contributed by atoms with E-state index in [1.807, 2.05) is 30.3 Å². The summed E-state index contributed by atoms with van der Waals surface area (Å²) in [5, 5.41) is 9.12. The van der Waals surface area contributed by atoms with Gasteiger partial charge in [0, 0.05) is 11.8 Å². The minimum Gasteiger partial charge on any atom is -0.481 e. The number of hydrogen-bond donors (Lipinski definition) is 1. The van der Waals surface area contributed by atoms with E-state index in [-0.39, 0.29) is 6.42 Å².